The molecule has 1 N–H and O–H groups in total. The number of carboxylic acids is 1. The summed E-state index contributed by atoms with van der Waals surface area (Å²) in [4.78, 5) is 36.6. The predicted octanol–water partition coefficient (Wildman–Crippen LogP) is 10.2. The van der Waals surface area contributed by atoms with Gasteiger partial charge in [0, 0.05) is 19.3 Å². The molecule has 0 bridgehead atoms. The molecule has 0 aliphatic carbocycles. The molecule has 0 saturated heterocycles. The van der Waals surface area contributed by atoms with Gasteiger partial charge in [0.25, 0.3) is 0 Å². The number of carboxylic acid groups (broad SMARTS) is 1. The summed E-state index contributed by atoms with van der Waals surface area (Å²) in [6.07, 6.45) is 43.9. The van der Waals surface area contributed by atoms with E-state index in [9.17, 15) is 19.5 Å². The average Bonchev–Trinajstić information content (AvgIpc) is 3.09. The second-order valence-electron chi connectivity index (χ2n) is 13.8. The van der Waals surface area contributed by atoms with Crippen molar-refractivity contribution < 1.29 is 38.2 Å². The third-order valence-corrected chi connectivity index (χ3v) is 8.04. The molecule has 0 amide bonds. The van der Waals surface area contributed by atoms with Crippen LogP contribution in [-0.2, 0) is 28.6 Å². The number of carbonyl (C=O) groups is 3. The highest BCUT2D eigenvalue weighted by Gasteiger charge is 2.31. The van der Waals surface area contributed by atoms with Crippen molar-refractivity contribution in [3.05, 3.63) is 85.1 Å². The Morgan fingerprint density at radius 1 is 0.596 bits per heavy atom. The van der Waals surface area contributed by atoms with E-state index in [0.717, 1.165) is 51.4 Å². The van der Waals surface area contributed by atoms with Gasteiger partial charge >= 0.3 is 17.9 Å². The molecule has 0 rings (SSSR count). The van der Waals surface area contributed by atoms with E-state index in [1.54, 1.807) is 0 Å². The topological polar surface area (TPSA) is 99.1 Å². The van der Waals surface area contributed by atoms with E-state index in [4.69, 9.17) is 14.2 Å². The van der Waals surface area contributed by atoms with Gasteiger partial charge in [0.05, 0.1) is 34.4 Å². The van der Waals surface area contributed by atoms with E-state index < -0.39 is 24.1 Å². The fourth-order valence-corrected chi connectivity index (χ4v) is 4.99. The van der Waals surface area contributed by atoms with Gasteiger partial charge in [0.15, 0.2) is 12.1 Å². The second-order valence-corrected chi connectivity index (χ2v) is 13.8. The Balaban J connectivity index is 4.40. The van der Waals surface area contributed by atoms with E-state index in [1.807, 2.05) is 33.3 Å². The summed E-state index contributed by atoms with van der Waals surface area (Å²) in [5.41, 5.74) is 0. The summed E-state index contributed by atoms with van der Waals surface area (Å²) in [6.45, 7) is 4.41. The Hall–Kier alpha value is -3.49. The minimum atomic E-state index is -0.895. The zero-order valence-electron chi connectivity index (χ0n) is 33.2. The van der Waals surface area contributed by atoms with Gasteiger partial charge in [-0.3, -0.25) is 9.59 Å². The summed E-state index contributed by atoms with van der Waals surface area (Å²) in [6, 6.07) is -0.632. The van der Waals surface area contributed by atoms with Gasteiger partial charge in [0.1, 0.15) is 6.61 Å². The molecule has 0 aromatic rings. The molecule has 0 heterocycles. The van der Waals surface area contributed by atoms with Crippen molar-refractivity contribution in [1.29, 1.82) is 0 Å². The van der Waals surface area contributed by atoms with E-state index in [1.165, 1.54) is 25.7 Å². The SMILES string of the molecule is CC/C=C/C/C=C/CCC(=O)OC(COCCC(C(=O)O)[N+](C)(C)C)COC(=O)CCCC/C=C/C/C=C/C/C=C/C/C=C/C/C=C/CCCCC. The highest BCUT2D eigenvalue weighted by molar-refractivity contribution is 5.72. The maximum Gasteiger partial charge on any atom is 0.362 e. The highest BCUT2D eigenvalue weighted by Crippen LogP contribution is 2.10. The van der Waals surface area contributed by atoms with Crippen molar-refractivity contribution in [2.24, 2.45) is 0 Å². The van der Waals surface area contributed by atoms with Crippen molar-refractivity contribution >= 4 is 17.9 Å². The number of likely N-dealkylation sites (N-methyl/N-ethyl adjacent to an activating group) is 1. The van der Waals surface area contributed by atoms with Crippen molar-refractivity contribution in [3.63, 3.8) is 0 Å². The summed E-state index contributed by atoms with van der Waals surface area (Å²) >= 11 is 0. The van der Waals surface area contributed by atoms with Crippen LogP contribution in [0.3, 0.4) is 0 Å². The number of hydrogen-bond donors (Lipinski definition) is 1. The van der Waals surface area contributed by atoms with Gasteiger partial charge < -0.3 is 23.8 Å². The van der Waals surface area contributed by atoms with Crippen LogP contribution in [0.5, 0.6) is 0 Å². The molecule has 294 valence electrons. The lowest BCUT2D eigenvalue weighted by molar-refractivity contribution is -0.887. The molecule has 2 unspecified atom stereocenters. The monoisotopic (exact) mass is 727 g/mol. The van der Waals surface area contributed by atoms with E-state index in [0.29, 0.717) is 19.3 Å². The Labute approximate surface area is 316 Å². The fraction of sp³-hybridized carbons (Fsp3) is 0.614. The zero-order valence-corrected chi connectivity index (χ0v) is 33.2. The average molecular weight is 727 g/mol. The van der Waals surface area contributed by atoms with Crippen molar-refractivity contribution in [2.45, 2.75) is 135 Å². The van der Waals surface area contributed by atoms with E-state index >= 15 is 0 Å². The van der Waals surface area contributed by atoms with Crippen LogP contribution >= 0.6 is 0 Å². The predicted molar refractivity (Wildman–Crippen MR) is 215 cm³/mol. The maximum absolute atomic E-state index is 12.5. The van der Waals surface area contributed by atoms with Crippen LogP contribution in [0.4, 0.5) is 0 Å². The Morgan fingerprint density at radius 3 is 1.60 bits per heavy atom. The Morgan fingerprint density at radius 2 is 1.10 bits per heavy atom. The molecule has 2 atom stereocenters. The first-order valence-electron chi connectivity index (χ1n) is 19.6. The molecule has 8 nitrogen and oxygen atoms in total. The number of hydrogen-bond acceptors (Lipinski definition) is 6. The molecule has 0 radical (unpaired) electrons. The van der Waals surface area contributed by atoms with Crippen molar-refractivity contribution in [3.8, 4) is 0 Å². The van der Waals surface area contributed by atoms with E-state index in [2.05, 4.69) is 86.8 Å². The minimum absolute atomic E-state index is 0.0182. The molecule has 0 aliphatic rings. The molecule has 8 heteroatoms. The number of allylic oxidation sites excluding steroid dienone is 14. The number of carbonyl (C=O) groups excluding carboxylic acids is 2. The van der Waals surface area contributed by atoms with Gasteiger partial charge in [-0.15, -0.1) is 0 Å². The van der Waals surface area contributed by atoms with Crippen molar-refractivity contribution in [1.82, 2.24) is 0 Å². The van der Waals surface area contributed by atoms with Crippen LogP contribution in [0.1, 0.15) is 123 Å². The summed E-state index contributed by atoms with van der Waals surface area (Å²) < 4.78 is 17.0. The van der Waals surface area contributed by atoms with Gasteiger partial charge in [-0.25, -0.2) is 4.79 Å². The first-order valence-corrected chi connectivity index (χ1v) is 19.6. The molecule has 0 aromatic carbocycles. The number of quaternary nitrogens is 1. The standard InChI is InChI=1S/C44H71NO7/c1-6-8-10-12-14-15-16-17-18-19-20-21-22-23-24-25-26-27-29-30-32-34-42(46)51-39-40(38-50-37-36-41(44(48)49)45(3,4)5)52-43(47)35-33-31-28-13-11-9-7-2/h9,11,14-15,17-18,20-21,23-24,26-28,31,40-41H,6-8,10,12-13,16,19,22,25,29-30,32-39H2,1-5H3/p+1/b11-9+,15-14+,18-17+,21-20+,24-23+,27-26+,31-28+. The molecule has 0 aromatic heterocycles. The molecule has 0 spiro atoms. The van der Waals surface area contributed by atoms with Crippen LogP contribution < -0.4 is 0 Å². The molecular weight excluding hydrogens is 654 g/mol. The van der Waals surface area contributed by atoms with Gasteiger partial charge in [-0.1, -0.05) is 112 Å². The molecule has 0 fully saturated rings. The third kappa shape index (κ3) is 32.4. The Bertz CT molecular complexity index is 1120. The van der Waals surface area contributed by atoms with Gasteiger partial charge in [-0.05, 0) is 77.0 Å². The van der Waals surface area contributed by atoms with Crippen molar-refractivity contribution in [2.75, 3.05) is 41.0 Å². The number of unbranched alkanes of at least 4 members (excludes halogenated alkanes) is 5. The lowest BCUT2D eigenvalue weighted by Crippen LogP contribution is -2.50. The number of esters is 2. The van der Waals surface area contributed by atoms with Gasteiger partial charge in [0.2, 0.25) is 0 Å². The van der Waals surface area contributed by atoms with Crippen LogP contribution in [0.15, 0.2) is 85.1 Å². The summed E-state index contributed by atoms with van der Waals surface area (Å²) in [7, 11) is 5.46. The molecular formula is C44H72NO7+. The minimum Gasteiger partial charge on any atom is -0.477 e. The lowest BCUT2D eigenvalue weighted by Gasteiger charge is -2.31. The number of nitrogens with zero attached hydrogens (tertiary/aromatic N) is 1. The van der Waals surface area contributed by atoms with Crippen LogP contribution in [0.25, 0.3) is 0 Å². The van der Waals surface area contributed by atoms with Crippen LogP contribution in [0.2, 0.25) is 0 Å². The smallest absolute Gasteiger partial charge is 0.362 e. The number of ether oxygens (including phenoxy) is 3. The first-order chi connectivity index (χ1) is 25.1. The largest absolute Gasteiger partial charge is 0.477 e. The van der Waals surface area contributed by atoms with Crippen LogP contribution in [0, 0.1) is 0 Å². The number of rotatable bonds is 33. The van der Waals surface area contributed by atoms with Gasteiger partial charge in [-0.2, -0.15) is 0 Å². The van der Waals surface area contributed by atoms with Crippen LogP contribution in [-0.4, -0.2) is 80.6 Å². The molecule has 0 aliphatic heterocycles. The highest BCUT2D eigenvalue weighted by atomic mass is 16.6. The van der Waals surface area contributed by atoms with E-state index in [-0.39, 0.29) is 43.1 Å². The lowest BCUT2D eigenvalue weighted by atomic mass is 10.1. The normalized spacial score (nSPS) is 13.9. The summed E-state index contributed by atoms with van der Waals surface area (Å²) in [5.74, 6) is -1.63. The zero-order chi connectivity index (χ0) is 38.5. The fourth-order valence-electron chi connectivity index (χ4n) is 4.99. The molecule has 0 saturated carbocycles. The molecule has 52 heavy (non-hydrogen) atoms. The first kappa shape index (κ1) is 48.5. The Kier molecular flexibility index (Phi) is 32.3. The maximum atomic E-state index is 12.5. The third-order valence-electron chi connectivity index (χ3n) is 8.04. The summed E-state index contributed by atoms with van der Waals surface area (Å²) in [5, 5.41) is 9.56. The second kappa shape index (κ2) is 34.6. The quantitative estimate of drug-likeness (QED) is 0.0311. The number of aliphatic carboxylic acids is 1.